The van der Waals surface area contributed by atoms with Gasteiger partial charge in [0.15, 0.2) is 17.3 Å². The number of amides is 1. The number of aromatic nitrogens is 4. The summed E-state index contributed by atoms with van der Waals surface area (Å²) in [6.07, 6.45) is 13.8. The van der Waals surface area contributed by atoms with Gasteiger partial charge < -0.3 is 9.47 Å². The first-order valence-corrected chi connectivity index (χ1v) is 13.1. The number of carbonyl (C=O) groups excluding carboxylic acids is 1. The molecule has 2 fully saturated rings. The third-order valence-corrected chi connectivity index (χ3v) is 8.47. The Kier molecular flexibility index (Phi) is 5.90. The Labute approximate surface area is 211 Å². The fourth-order valence-electron chi connectivity index (χ4n) is 6.82. The molecule has 1 amide bonds. The average molecular weight is 488 g/mol. The maximum absolute atomic E-state index is 14.2. The fourth-order valence-corrected chi connectivity index (χ4v) is 6.82. The number of hydrogen-bond donors (Lipinski definition) is 0. The third kappa shape index (κ3) is 3.57. The van der Waals surface area contributed by atoms with E-state index in [2.05, 4.69) is 9.67 Å². The van der Waals surface area contributed by atoms with Crippen LogP contribution in [0.1, 0.15) is 68.1 Å². The van der Waals surface area contributed by atoms with E-state index < -0.39 is 0 Å². The number of rotatable bonds is 4. The number of benzene rings is 1. The van der Waals surface area contributed by atoms with Crippen LogP contribution in [-0.2, 0) is 5.54 Å². The summed E-state index contributed by atoms with van der Waals surface area (Å²) in [6, 6.07) is 9.37. The van der Waals surface area contributed by atoms with E-state index in [0.717, 1.165) is 37.7 Å². The van der Waals surface area contributed by atoms with Crippen LogP contribution in [0.25, 0.3) is 11.4 Å². The number of methoxy groups -OCH3 is 2. The monoisotopic (exact) mass is 487 g/mol. The minimum absolute atomic E-state index is 0.0649. The van der Waals surface area contributed by atoms with Gasteiger partial charge in [-0.1, -0.05) is 32.1 Å². The van der Waals surface area contributed by atoms with Crippen molar-refractivity contribution in [2.24, 2.45) is 5.92 Å². The molecule has 3 aliphatic rings. The summed E-state index contributed by atoms with van der Waals surface area (Å²) in [4.78, 5) is 25.5. The molecule has 1 aliphatic heterocycles. The summed E-state index contributed by atoms with van der Waals surface area (Å²) in [5.74, 6) is 2.75. The molecule has 0 radical (unpaired) electrons. The number of anilines is 1. The molecule has 36 heavy (non-hydrogen) atoms. The van der Waals surface area contributed by atoms with Gasteiger partial charge in [-0.3, -0.25) is 14.7 Å². The second kappa shape index (κ2) is 9.22. The summed E-state index contributed by atoms with van der Waals surface area (Å²) in [5, 5.41) is 5.10. The predicted molar refractivity (Wildman–Crippen MR) is 136 cm³/mol. The second-order valence-electron chi connectivity index (χ2n) is 10.3. The van der Waals surface area contributed by atoms with Crippen LogP contribution in [0.15, 0.2) is 42.7 Å². The highest BCUT2D eigenvalue weighted by molar-refractivity contribution is 6.06. The van der Waals surface area contributed by atoms with Gasteiger partial charge in [0.2, 0.25) is 5.95 Å². The SMILES string of the molecule is COc1ccc(C(=O)N2c3nc(-c4cccnc4)nn3C3(CCCCC3)C3CCCCC32)cc1OC. The highest BCUT2D eigenvalue weighted by Gasteiger charge is 2.55. The zero-order valence-corrected chi connectivity index (χ0v) is 21.0. The molecule has 2 atom stereocenters. The fraction of sp³-hybridized carbons (Fsp3) is 0.500. The first-order valence-electron chi connectivity index (χ1n) is 13.1. The van der Waals surface area contributed by atoms with Crippen molar-refractivity contribution in [3.8, 4) is 22.9 Å². The van der Waals surface area contributed by atoms with Crippen LogP contribution in [-0.4, -0.2) is 45.9 Å². The Hall–Kier alpha value is -3.42. The minimum Gasteiger partial charge on any atom is -0.493 e. The minimum atomic E-state index is -0.0828. The van der Waals surface area contributed by atoms with Crippen LogP contribution in [0.2, 0.25) is 0 Å². The summed E-state index contributed by atoms with van der Waals surface area (Å²) < 4.78 is 13.0. The van der Waals surface area contributed by atoms with E-state index >= 15 is 0 Å². The van der Waals surface area contributed by atoms with Gasteiger partial charge in [-0.2, -0.15) is 4.98 Å². The Bertz CT molecular complexity index is 1250. The van der Waals surface area contributed by atoms with E-state index in [9.17, 15) is 4.79 Å². The van der Waals surface area contributed by atoms with Crippen molar-refractivity contribution in [2.75, 3.05) is 19.1 Å². The molecule has 8 heteroatoms. The van der Waals surface area contributed by atoms with Gasteiger partial charge >= 0.3 is 0 Å². The number of hydrogen-bond acceptors (Lipinski definition) is 6. The van der Waals surface area contributed by atoms with Crippen molar-refractivity contribution < 1.29 is 14.3 Å². The number of fused-ring (bicyclic) bond motifs is 4. The molecule has 3 heterocycles. The topological polar surface area (TPSA) is 82.4 Å². The predicted octanol–water partition coefficient (Wildman–Crippen LogP) is 5.24. The van der Waals surface area contributed by atoms with Crippen molar-refractivity contribution >= 4 is 11.9 Å². The average Bonchev–Trinajstić information content (AvgIpc) is 3.40. The van der Waals surface area contributed by atoms with Crippen LogP contribution >= 0.6 is 0 Å². The summed E-state index contributed by atoms with van der Waals surface area (Å²) >= 11 is 0. The zero-order chi connectivity index (χ0) is 24.7. The molecular weight excluding hydrogens is 454 g/mol. The van der Waals surface area contributed by atoms with Gasteiger partial charge in [-0.05, 0) is 56.0 Å². The molecule has 0 bridgehead atoms. The molecular formula is C28H33N5O3. The standard InChI is InChI=1S/C28H33N5O3/c1-35-23-13-12-19(17-24(23)36-2)26(34)32-22-11-5-4-10-21(22)28(14-6-3-7-15-28)33-27(32)30-25(31-33)20-9-8-16-29-18-20/h8-9,12-13,16-18,21-22H,3-7,10-11,14-15H2,1-2H3. The molecule has 2 saturated carbocycles. The second-order valence-corrected chi connectivity index (χ2v) is 10.3. The summed E-state index contributed by atoms with van der Waals surface area (Å²) in [5.41, 5.74) is 1.35. The van der Waals surface area contributed by atoms with Crippen LogP contribution in [0.4, 0.5) is 5.95 Å². The van der Waals surface area contributed by atoms with E-state index in [0.29, 0.717) is 34.8 Å². The van der Waals surface area contributed by atoms with Crippen molar-refractivity contribution in [3.63, 3.8) is 0 Å². The smallest absolute Gasteiger partial charge is 0.261 e. The Balaban J connectivity index is 1.52. The lowest BCUT2D eigenvalue weighted by Gasteiger charge is -2.55. The van der Waals surface area contributed by atoms with Gasteiger partial charge in [0.05, 0.1) is 19.8 Å². The number of carbonyl (C=O) groups is 1. The van der Waals surface area contributed by atoms with Crippen molar-refractivity contribution in [1.82, 2.24) is 19.7 Å². The lowest BCUT2D eigenvalue weighted by atomic mass is 9.64. The van der Waals surface area contributed by atoms with E-state index in [4.69, 9.17) is 19.6 Å². The van der Waals surface area contributed by atoms with Crippen LogP contribution in [0, 0.1) is 5.92 Å². The first kappa shape index (κ1) is 23.0. The van der Waals surface area contributed by atoms with E-state index in [1.807, 2.05) is 23.1 Å². The molecule has 1 spiro atoms. The number of ether oxygens (including phenoxy) is 2. The molecule has 1 aromatic carbocycles. The number of pyridine rings is 1. The van der Waals surface area contributed by atoms with Gasteiger partial charge in [0, 0.05) is 35.5 Å². The molecule has 6 rings (SSSR count). The summed E-state index contributed by atoms with van der Waals surface area (Å²) in [7, 11) is 3.19. The molecule has 2 aromatic heterocycles. The van der Waals surface area contributed by atoms with Crippen LogP contribution in [0.3, 0.4) is 0 Å². The molecule has 0 N–H and O–H groups in total. The maximum atomic E-state index is 14.2. The van der Waals surface area contributed by atoms with E-state index in [1.165, 1.54) is 25.7 Å². The van der Waals surface area contributed by atoms with Crippen molar-refractivity contribution in [1.29, 1.82) is 0 Å². The molecule has 8 nitrogen and oxygen atoms in total. The molecule has 2 unspecified atom stereocenters. The maximum Gasteiger partial charge on any atom is 0.261 e. The number of nitrogens with zero attached hydrogens (tertiary/aromatic N) is 5. The Morgan fingerprint density at radius 3 is 2.56 bits per heavy atom. The highest BCUT2D eigenvalue weighted by atomic mass is 16.5. The Morgan fingerprint density at radius 2 is 1.81 bits per heavy atom. The molecule has 188 valence electrons. The van der Waals surface area contributed by atoms with Crippen LogP contribution in [0.5, 0.6) is 11.5 Å². The largest absolute Gasteiger partial charge is 0.493 e. The van der Waals surface area contributed by atoms with E-state index in [1.54, 1.807) is 38.7 Å². The first-order chi connectivity index (χ1) is 17.7. The molecule has 2 aliphatic carbocycles. The van der Waals surface area contributed by atoms with Crippen molar-refractivity contribution in [2.45, 2.75) is 69.4 Å². The van der Waals surface area contributed by atoms with Crippen LogP contribution < -0.4 is 14.4 Å². The zero-order valence-electron chi connectivity index (χ0n) is 21.0. The van der Waals surface area contributed by atoms with Gasteiger partial charge in [0.1, 0.15) is 0 Å². The van der Waals surface area contributed by atoms with Gasteiger partial charge in [-0.25, -0.2) is 4.68 Å². The Morgan fingerprint density at radius 1 is 1.00 bits per heavy atom. The van der Waals surface area contributed by atoms with Gasteiger partial charge in [0.25, 0.3) is 5.91 Å². The third-order valence-electron chi connectivity index (χ3n) is 8.47. The van der Waals surface area contributed by atoms with Crippen molar-refractivity contribution in [3.05, 3.63) is 48.3 Å². The highest BCUT2D eigenvalue weighted by Crippen LogP contribution is 2.53. The van der Waals surface area contributed by atoms with Gasteiger partial charge in [-0.15, -0.1) is 5.10 Å². The molecule has 3 aromatic rings. The molecule has 0 saturated heterocycles. The van der Waals surface area contributed by atoms with E-state index in [-0.39, 0.29) is 17.5 Å². The lowest BCUT2D eigenvalue weighted by Crippen LogP contribution is -2.61. The normalized spacial score (nSPS) is 22.6. The lowest BCUT2D eigenvalue weighted by molar-refractivity contribution is 0.0314. The summed E-state index contributed by atoms with van der Waals surface area (Å²) in [6.45, 7) is 0. The quantitative estimate of drug-likeness (QED) is 0.501.